The lowest BCUT2D eigenvalue weighted by Crippen LogP contribution is -2.47. The van der Waals surface area contributed by atoms with Crippen molar-refractivity contribution in [2.45, 2.75) is 32.5 Å². The third kappa shape index (κ3) is 3.27. The number of ether oxygens (including phenoxy) is 3. The summed E-state index contributed by atoms with van der Waals surface area (Å²) in [4.78, 5) is 15.2. The predicted molar refractivity (Wildman–Crippen MR) is 105 cm³/mol. The summed E-state index contributed by atoms with van der Waals surface area (Å²) in [6.07, 6.45) is 0.408. The van der Waals surface area contributed by atoms with Crippen LogP contribution in [0.3, 0.4) is 0 Å². The Kier molecular flexibility index (Phi) is 5.44. The first kappa shape index (κ1) is 18.9. The molecule has 2 atom stereocenters. The fourth-order valence-corrected chi connectivity index (χ4v) is 3.43. The molecule has 0 saturated heterocycles. The van der Waals surface area contributed by atoms with Gasteiger partial charge in [-0.1, -0.05) is 19.1 Å². The van der Waals surface area contributed by atoms with Crippen molar-refractivity contribution in [3.8, 4) is 17.2 Å². The Balaban J connectivity index is 2.20. The minimum Gasteiger partial charge on any atom is -0.496 e. The van der Waals surface area contributed by atoms with E-state index in [9.17, 15) is 4.79 Å². The zero-order valence-corrected chi connectivity index (χ0v) is 16.4. The summed E-state index contributed by atoms with van der Waals surface area (Å²) in [7, 11) is 4.80. The summed E-state index contributed by atoms with van der Waals surface area (Å²) in [6.45, 7) is 4.11. The van der Waals surface area contributed by atoms with Crippen LogP contribution in [0.2, 0.25) is 0 Å². The molecule has 0 spiro atoms. The molecular weight excluding hydrogens is 344 g/mol. The molecule has 0 fully saturated rings. The molecule has 1 heterocycles. The molecule has 0 radical (unpaired) electrons. The fraction of sp³-hybridized carbons (Fsp3) is 0.381. The topological polar surface area (TPSA) is 60.0 Å². The van der Waals surface area contributed by atoms with E-state index in [1.165, 1.54) is 0 Å². The molecule has 6 nitrogen and oxygen atoms in total. The summed E-state index contributed by atoms with van der Waals surface area (Å²) in [5.74, 6) is 1.82. The number of para-hydroxylation sites is 1. The molecule has 144 valence electrons. The highest BCUT2D eigenvalue weighted by Gasteiger charge is 2.38. The zero-order chi connectivity index (χ0) is 19.6. The number of anilines is 1. The van der Waals surface area contributed by atoms with E-state index in [4.69, 9.17) is 14.2 Å². The second-order valence-corrected chi connectivity index (χ2v) is 6.51. The van der Waals surface area contributed by atoms with Crippen LogP contribution in [0.1, 0.15) is 42.4 Å². The Morgan fingerprint density at radius 3 is 2.26 bits per heavy atom. The number of hydrogen-bond donors (Lipinski definition) is 1. The van der Waals surface area contributed by atoms with Crippen LogP contribution in [-0.2, 0) is 0 Å². The molecule has 3 rings (SSSR count). The summed E-state index contributed by atoms with van der Waals surface area (Å²) in [5, 5.41) is 3.50. The van der Waals surface area contributed by atoms with Crippen molar-refractivity contribution < 1.29 is 19.0 Å². The van der Waals surface area contributed by atoms with Gasteiger partial charge in [0.2, 0.25) is 0 Å². The Hall–Kier alpha value is -2.89. The first-order valence-corrected chi connectivity index (χ1v) is 9.03. The van der Waals surface area contributed by atoms with E-state index in [0.29, 0.717) is 22.8 Å². The van der Waals surface area contributed by atoms with Crippen LogP contribution in [0.5, 0.6) is 17.2 Å². The number of benzene rings is 2. The molecule has 0 saturated carbocycles. The monoisotopic (exact) mass is 370 g/mol. The van der Waals surface area contributed by atoms with E-state index < -0.39 is 6.17 Å². The largest absolute Gasteiger partial charge is 0.496 e. The quantitative estimate of drug-likeness (QED) is 0.830. The van der Waals surface area contributed by atoms with Crippen LogP contribution in [0.4, 0.5) is 5.69 Å². The number of fused-ring (bicyclic) bond motifs is 1. The van der Waals surface area contributed by atoms with Crippen molar-refractivity contribution >= 4 is 11.6 Å². The van der Waals surface area contributed by atoms with E-state index in [1.54, 1.807) is 33.5 Å². The Bertz CT molecular complexity index is 812. The van der Waals surface area contributed by atoms with Gasteiger partial charge >= 0.3 is 0 Å². The van der Waals surface area contributed by atoms with Crippen LogP contribution in [0.15, 0.2) is 36.4 Å². The molecule has 1 aliphatic rings. The first-order valence-electron chi connectivity index (χ1n) is 9.03. The molecule has 1 aliphatic heterocycles. The molecule has 0 aliphatic carbocycles. The zero-order valence-electron chi connectivity index (χ0n) is 16.4. The van der Waals surface area contributed by atoms with Crippen molar-refractivity contribution in [1.29, 1.82) is 0 Å². The molecular formula is C21H26N2O4. The predicted octanol–water partition coefficient (Wildman–Crippen LogP) is 4.08. The van der Waals surface area contributed by atoms with Crippen LogP contribution < -0.4 is 19.5 Å². The summed E-state index contributed by atoms with van der Waals surface area (Å²) in [5.41, 5.74) is 2.23. The van der Waals surface area contributed by atoms with Crippen LogP contribution in [-0.4, -0.2) is 38.2 Å². The van der Waals surface area contributed by atoms with Crippen molar-refractivity contribution in [2.24, 2.45) is 0 Å². The minimum absolute atomic E-state index is 0.0105. The molecule has 0 aromatic heterocycles. The van der Waals surface area contributed by atoms with Gasteiger partial charge in [-0.15, -0.1) is 0 Å². The highest BCUT2D eigenvalue weighted by molar-refractivity contribution is 6.02. The van der Waals surface area contributed by atoms with Gasteiger partial charge in [-0.3, -0.25) is 4.79 Å². The SMILES string of the molecule is CC[C@H](C)N1C(=O)c2ccccc2N[C@H]1c1c(OC)cc(OC)cc1OC. The van der Waals surface area contributed by atoms with Gasteiger partial charge in [-0.2, -0.15) is 0 Å². The third-order valence-corrected chi connectivity index (χ3v) is 5.05. The van der Waals surface area contributed by atoms with Gasteiger partial charge in [0, 0.05) is 23.9 Å². The van der Waals surface area contributed by atoms with E-state index in [1.807, 2.05) is 36.1 Å². The maximum absolute atomic E-state index is 13.3. The smallest absolute Gasteiger partial charge is 0.258 e. The maximum Gasteiger partial charge on any atom is 0.258 e. The Labute approximate surface area is 160 Å². The van der Waals surface area contributed by atoms with Gasteiger partial charge in [-0.05, 0) is 25.5 Å². The third-order valence-electron chi connectivity index (χ3n) is 5.05. The number of rotatable bonds is 6. The highest BCUT2D eigenvalue weighted by atomic mass is 16.5. The standard InChI is InChI=1S/C21H26N2O4/c1-6-13(2)23-20(22-16-10-8-7-9-15(16)21(23)24)19-17(26-4)11-14(25-3)12-18(19)27-5/h7-13,20,22H,6H2,1-5H3/t13-,20+/m0/s1. The highest BCUT2D eigenvalue weighted by Crippen LogP contribution is 2.44. The van der Waals surface area contributed by atoms with E-state index in [-0.39, 0.29) is 11.9 Å². The molecule has 2 aromatic rings. The Morgan fingerprint density at radius 2 is 1.70 bits per heavy atom. The van der Waals surface area contributed by atoms with E-state index >= 15 is 0 Å². The number of amides is 1. The second-order valence-electron chi connectivity index (χ2n) is 6.51. The Morgan fingerprint density at radius 1 is 1.07 bits per heavy atom. The van der Waals surface area contributed by atoms with Crippen molar-refractivity contribution in [1.82, 2.24) is 4.90 Å². The van der Waals surface area contributed by atoms with E-state index in [0.717, 1.165) is 17.7 Å². The van der Waals surface area contributed by atoms with Crippen molar-refractivity contribution in [3.05, 3.63) is 47.5 Å². The number of carbonyl (C=O) groups is 1. The average molecular weight is 370 g/mol. The molecule has 6 heteroatoms. The van der Waals surface area contributed by atoms with Gasteiger partial charge in [0.05, 0.1) is 32.5 Å². The van der Waals surface area contributed by atoms with Crippen molar-refractivity contribution in [2.75, 3.05) is 26.6 Å². The minimum atomic E-state index is -0.418. The summed E-state index contributed by atoms with van der Waals surface area (Å²) in [6, 6.07) is 11.2. The normalized spacial score (nSPS) is 17.0. The number of methoxy groups -OCH3 is 3. The molecule has 2 aromatic carbocycles. The van der Waals surface area contributed by atoms with Gasteiger partial charge in [0.25, 0.3) is 5.91 Å². The van der Waals surface area contributed by atoms with Crippen LogP contribution in [0.25, 0.3) is 0 Å². The molecule has 1 N–H and O–H groups in total. The van der Waals surface area contributed by atoms with Crippen molar-refractivity contribution in [3.63, 3.8) is 0 Å². The summed E-state index contributed by atoms with van der Waals surface area (Å²) >= 11 is 0. The van der Waals surface area contributed by atoms with Crippen LogP contribution in [0, 0.1) is 0 Å². The molecule has 27 heavy (non-hydrogen) atoms. The van der Waals surface area contributed by atoms with Gasteiger partial charge in [0.1, 0.15) is 23.4 Å². The number of carbonyl (C=O) groups excluding carboxylic acids is 1. The van der Waals surface area contributed by atoms with E-state index in [2.05, 4.69) is 12.2 Å². The van der Waals surface area contributed by atoms with Gasteiger partial charge in [0.15, 0.2) is 0 Å². The number of nitrogens with zero attached hydrogens (tertiary/aromatic N) is 1. The molecule has 0 unspecified atom stereocenters. The molecule has 0 bridgehead atoms. The van der Waals surface area contributed by atoms with Gasteiger partial charge in [-0.25, -0.2) is 0 Å². The lowest BCUT2D eigenvalue weighted by molar-refractivity contribution is 0.0588. The average Bonchev–Trinajstić information content (AvgIpc) is 2.71. The first-order chi connectivity index (χ1) is 13.0. The summed E-state index contributed by atoms with van der Waals surface area (Å²) < 4.78 is 16.6. The number of hydrogen-bond acceptors (Lipinski definition) is 5. The van der Waals surface area contributed by atoms with Crippen LogP contribution >= 0.6 is 0 Å². The lowest BCUT2D eigenvalue weighted by atomic mass is 9.99. The second kappa shape index (κ2) is 7.78. The lowest BCUT2D eigenvalue weighted by Gasteiger charge is -2.42. The maximum atomic E-state index is 13.3. The van der Waals surface area contributed by atoms with Gasteiger partial charge < -0.3 is 24.4 Å². The number of nitrogens with one attached hydrogen (secondary N) is 1. The molecule has 1 amide bonds. The fourth-order valence-electron chi connectivity index (χ4n) is 3.43.